The van der Waals surface area contributed by atoms with E-state index in [9.17, 15) is 14.7 Å². The number of hydrogen-bond donors (Lipinski definition) is 1. The second-order valence-electron chi connectivity index (χ2n) is 6.35. The number of methoxy groups -OCH3 is 1. The number of carboxylic acids is 1. The molecule has 24 heavy (non-hydrogen) atoms. The Morgan fingerprint density at radius 3 is 2.83 bits per heavy atom. The molecule has 0 saturated carbocycles. The van der Waals surface area contributed by atoms with E-state index < -0.39 is 11.4 Å². The minimum atomic E-state index is -0.970. The Morgan fingerprint density at radius 2 is 2.17 bits per heavy atom. The molecule has 1 unspecified atom stereocenters. The van der Waals surface area contributed by atoms with Gasteiger partial charge in [0.15, 0.2) is 0 Å². The molecule has 132 valence electrons. The molecule has 1 N–H and O–H groups in total. The van der Waals surface area contributed by atoms with Gasteiger partial charge in [-0.1, -0.05) is 12.1 Å². The standard InChI is InChI=1S/C18H25NO5/c1-14-5-3-6-15(11-14)24-10-4-7-16(20)19-9-8-18(12-19,13-23-2)17(21)22/h3,5-6,11H,4,7-10,12-13H2,1-2H3,(H,21,22). The quantitative estimate of drug-likeness (QED) is 0.736. The van der Waals surface area contributed by atoms with E-state index in [2.05, 4.69) is 0 Å². The molecule has 6 heteroatoms. The molecule has 0 aromatic heterocycles. The summed E-state index contributed by atoms with van der Waals surface area (Å²) < 4.78 is 10.7. The maximum Gasteiger partial charge on any atom is 0.313 e. The van der Waals surface area contributed by atoms with Gasteiger partial charge in [-0.3, -0.25) is 9.59 Å². The largest absolute Gasteiger partial charge is 0.494 e. The number of carboxylic acid groups (broad SMARTS) is 1. The van der Waals surface area contributed by atoms with Gasteiger partial charge >= 0.3 is 5.97 Å². The molecule has 1 fully saturated rings. The lowest BCUT2D eigenvalue weighted by Crippen LogP contribution is -2.40. The van der Waals surface area contributed by atoms with E-state index in [1.54, 1.807) is 4.90 Å². The number of aryl methyl sites for hydroxylation is 1. The molecule has 2 rings (SSSR count). The van der Waals surface area contributed by atoms with Crippen LogP contribution in [0.3, 0.4) is 0 Å². The highest BCUT2D eigenvalue weighted by Gasteiger charge is 2.46. The average molecular weight is 335 g/mol. The molecule has 1 aliphatic rings. The highest BCUT2D eigenvalue weighted by Crippen LogP contribution is 2.31. The first-order valence-electron chi connectivity index (χ1n) is 8.16. The summed E-state index contributed by atoms with van der Waals surface area (Å²) >= 11 is 0. The van der Waals surface area contributed by atoms with Gasteiger partial charge in [-0.05, 0) is 37.5 Å². The van der Waals surface area contributed by atoms with Gasteiger partial charge in [-0.25, -0.2) is 0 Å². The van der Waals surface area contributed by atoms with E-state index in [0.29, 0.717) is 32.4 Å². The van der Waals surface area contributed by atoms with Crippen LogP contribution in [0.2, 0.25) is 0 Å². The monoisotopic (exact) mass is 335 g/mol. The first kappa shape index (κ1) is 18.3. The molecule has 1 saturated heterocycles. The summed E-state index contributed by atoms with van der Waals surface area (Å²) in [5.74, 6) is -0.127. The van der Waals surface area contributed by atoms with Crippen LogP contribution in [0.1, 0.15) is 24.8 Å². The Hall–Kier alpha value is -2.08. The van der Waals surface area contributed by atoms with Crippen molar-refractivity contribution in [2.75, 3.05) is 33.4 Å². The molecular weight excluding hydrogens is 310 g/mol. The molecule has 1 atom stereocenters. The molecule has 1 aromatic rings. The Bertz CT molecular complexity index is 589. The van der Waals surface area contributed by atoms with Crippen LogP contribution in [-0.4, -0.2) is 55.3 Å². The van der Waals surface area contributed by atoms with Gasteiger partial charge in [-0.15, -0.1) is 0 Å². The van der Waals surface area contributed by atoms with Crippen molar-refractivity contribution in [1.29, 1.82) is 0 Å². The third kappa shape index (κ3) is 4.47. The smallest absolute Gasteiger partial charge is 0.313 e. The zero-order chi connectivity index (χ0) is 17.6. The van der Waals surface area contributed by atoms with Gasteiger partial charge in [0.1, 0.15) is 11.2 Å². The first-order valence-corrected chi connectivity index (χ1v) is 8.16. The van der Waals surface area contributed by atoms with Crippen molar-refractivity contribution in [3.63, 3.8) is 0 Å². The maximum absolute atomic E-state index is 12.3. The summed E-state index contributed by atoms with van der Waals surface area (Å²) in [7, 11) is 1.48. The van der Waals surface area contributed by atoms with Crippen molar-refractivity contribution in [1.82, 2.24) is 4.90 Å². The number of benzene rings is 1. The van der Waals surface area contributed by atoms with Gasteiger partial charge in [0, 0.05) is 26.6 Å². The molecule has 1 amide bonds. The van der Waals surface area contributed by atoms with Crippen LogP contribution >= 0.6 is 0 Å². The average Bonchev–Trinajstić information content (AvgIpc) is 2.98. The zero-order valence-electron chi connectivity index (χ0n) is 14.3. The van der Waals surface area contributed by atoms with Crippen LogP contribution in [0.15, 0.2) is 24.3 Å². The van der Waals surface area contributed by atoms with E-state index in [0.717, 1.165) is 11.3 Å². The second-order valence-corrected chi connectivity index (χ2v) is 6.35. The topological polar surface area (TPSA) is 76.1 Å². The summed E-state index contributed by atoms with van der Waals surface area (Å²) in [6.07, 6.45) is 1.39. The van der Waals surface area contributed by atoms with Crippen LogP contribution in [0.5, 0.6) is 5.75 Å². The van der Waals surface area contributed by atoms with Gasteiger partial charge < -0.3 is 19.5 Å². The number of rotatable bonds is 8. The number of likely N-dealkylation sites (tertiary alicyclic amines) is 1. The lowest BCUT2D eigenvalue weighted by molar-refractivity contribution is -0.151. The molecule has 6 nitrogen and oxygen atoms in total. The number of aliphatic carboxylic acids is 1. The summed E-state index contributed by atoms with van der Waals surface area (Å²) in [6, 6.07) is 7.77. The van der Waals surface area contributed by atoms with Crippen LogP contribution in [-0.2, 0) is 14.3 Å². The number of carbonyl (C=O) groups excluding carboxylic acids is 1. The molecule has 0 bridgehead atoms. The molecule has 0 spiro atoms. The predicted octanol–water partition coefficient (Wildman–Crippen LogP) is 2.10. The van der Waals surface area contributed by atoms with E-state index in [-0.39, 0.29) is 19.1 Å². The molecule has 1 aliphatic heterocycles. The third-order valence-electron chi connectivity index (χ3n) is 4.37. The Balaban J connectivity index is 1.76. The summed E-state index contributed by atoms with van der Waals surface area (Å²) in [5.41, 5.74) is 0.159. The van der Waals surface area contributed by atoms with Crippen LogP contribution in [0, 0.1) is 12.3 Å². The first-order chi connectivity index (χ1) is 11.5. The number of carbonyl (C=O) groups is 2. The minimum absolute atomic E-state index is 0.0259. The van der Waals surface area contributed by atoms with Gasteiger partial charge in [-0.2, -0.15) is 0 Å². The normalized spacial score (nSPS) is 20.2. The van der Waals surface area contributed by atoms with Crippen molar-refractivity contribution >= 4 is 11.9 Å². The van der Waals surface area contributed by atoms with Crippen LogP contribution in [0.25, 0.3) is 0 Å². The molecule has 0 aliphatic carbocycles. The second kappa shape index (κ2) is 8.15. The maximum atomic E-state index is 12.3. The van der Waals surface area contributed by atoms with E-state index in [1.165, 1.54) is 7.11 Å². The lowest BCUT2D eigenvalue weighted by atomic mass is 9.88. The summed E-state index contributed by atoms with van der Waals surface area (Å²) in [5, 5.41) is 9.42. The van der Waals surface area contributed by atoms with Crippen molar-refractivity contribution in [2.45, 2.75) is 26.2 Å². The fourth-order valence-electron chi connectivity index (χ4n) is 2.99. The Kier molecular flexibility index (Phi) is 6.20. The van der Waals surface area contributed by atoms with Gasteiger partial charge in [0.05, 0.1) is 13.2 Å². The number of nitrogens with zero attached hydrogens (tertiary/aromatic N) is 1. The zero-order valence-corrected chi connectivity index (χ0v) is 14.3. The van der Waals surface area contributed by atoms with Crippen molar-refractivity contribution in [3.8, 4) is 5.75 Å². The lowest BCUT2D eigenvalue weighted by Gasteiger charge is -2.23. The van der Waals surface area contributed by atoms with E-state index >= 15 is 0 Å². The highest BCUT2D eigenvalue weighted by atomic mass is 16.5. The SMILES string of the molecule is COCC1(C(=O)O)CCN(C(=O)CCCOc2cccc(C)c2)C1. The Labute approximate surface area is 142 Å². The molecule has 1 heterocycles. The third-order valence-corrected chi connectivity index (χ3v) is 4.37. The van der Waals surface area contributed by atoms with E-state index in [4.69, 9.17) is 9.47 Å². The Morgan fingerprint density at radius 1 is 1.38 bits per heavy atom. The van der Waals surface area contributed by atoms with Crippen LogP contribution < -0.4 is 4.74 Å². The fourth-order valence-corrected chi connectivity index (χ4v) is 2.99. The fraction of sp³-hybridized carbons (Fsp3) is 0.556. The number of ether oxygens (including phenoxy) is 2. The van der Waals surface area contributed by atoms with Gasteiger partial charge in [0.25, 0.3) is 0 Å². The molecule has 0 radical (unpaired) electrons. The van der Waals surface area contributed by atoms with E-state index in [1.807, 2.05) is 31.2 Å². The van der Waals surface area contributed by atoms with Crippen molar-refractivity contribution in [3.05, 3.63) is 29.8 Å². The van der Waals surface area contributed by atoms with Crippen molar-refractivity contribution in [2.24, 2.45) is 5.41 Å². The highest BCUT2D eigenvalue weighted by molar-refractivity contribution is 5.80. The molecular formula is C18H25NO5. The number of amides is 1. The van der Waals surface area contributed by atoms with Crippen LogP contribution in [0.4, 0.5) is 0 Å². The summed E-state index contributed by atoms with van der Waals surface area (Å²) in [4.78, 5) is 25.4. The minimum Gasteiger partial charge on any atom is -0.494 e. The van der Waals surface area contributed by atoms with Gasteiger partial charge in [0.2, 0.25) is 5.91 Å². The number of hydrogen-bond acceptors (Lipinski definition) is 4. The predicted molar refractivity (Wildman–Crippen MR) is 89.0 cm³/mol. The van der Waals surface area contributed by atoms with Crippen molar-refractivity contribution < 1.29 is 24.2 Å². The summed E-state index contributed by atoms with van der Waals surface area (Å²) in [6.45, 7) is 3.27. The molecule has 1 aromatic carbocycles.